The SMILES string of the molecule is CCCCCCCCCCCCCCCCCCCCC(CCCCCCCC)CN1CCCCC1. The molecule has 36 heavy (non-hydrogen) atoms. The van der Waals surface area contributed by atoms with Crippen molar-refractivity contribution in [2.45, 2.75) is 200 Å². The van der Waals surface area contributed by atoms with E-state index in [0.717, 1.165) is 5.92 Å². The van der Waals surface area contributed by atoms with E-state index in [0.29, 0.717) is 0 Å². The van der Waals surface area contributed by atoms with E-state index in [1.54, 1.807) is 0 Å². The van der Waals surface area contributed by atoms with Crippen LogP contribution < -0.4 is 0 Å². The van der Waals surface area contributed by atoms with Gasteiger partial charge in [-0.2, -0.15) is 0 Å². The summed E-state index contributed by atoms with van der Waals surface area (Å²) in [6, 6.07) is 0. The average molecular weight is 506 g/mol. The molecule has 0 aromatic carbocycles. The highest BCUT2D eigenvalue weighted by Crippen LogP contribution is 2.22. The molecule has 0 bridgehead atoms. The van der Waals surface area contributed by atoms with Gasteiger partial charge in [-0.1, -0.05) is 174 Å². The van der Waals surface area contributed by atoms with E-state index in [1.165, 1.54) is 206 Å². The van der Waals surface area contributed by atoms with Gasteiger partial charge in [0, 0.05) is 6.54 Å². The minimum absolute atomic E-state index is 0.982. The van der Waals surface area contributed by atoms with Crippen LogP contribution in [-0.4, -0.2) is 24.5 Å². The van der Waals surface area contributed by atoms with E-state index < -0.39 is 0 Å². The van der Waals surface area contributed by atoms with Crippen LogP contribution in [0, 0.1) is 5.92 Å². The third-order valence-corrected chi connectivity index (χ3v) is 8.90. The van der Waals surface area contributed by atoms with Crippen molar-refractivity contribution in [2.75, 3.05) is 19.6 Å². The van der Waals surface area contributed by atoms with Gasteiger partial charge in [0.25, 0.3) is 0 Å². The Morgan fingerprint density at radius 3 is 1.03 bits per heavy atom. The van der Waals surface area contributed by atoms with Gasteiger partial charge in [-0.15, -0.1) is 0 Å². The molecule has 1 nitrogen and oxygen atoms in total. The molecule has 1 saturated heterocycles. The molecule has 0 aromatic heterocycles. The fourth-order valence-electron chi connectivity index (χ4n) is 6.38. The van der Waals surface area contributed by atoms with Crippen LogP contribution in [0.3, 0.4) is 0 Å². The van der Waals surface area contributed by atoms with Gasteiger partial charge in [0.2, 0.25) is 0 Å². The first-order chi connectivity index (χ1) is 17.9. The molecule has 1 heteroatoms. The van der Waals surface area contributed by atoms with E-state index >= 15 is 0 Å². The molecule has 0 amide bonds. The molecule has 0 aliphatic carbocycles. The zero-order valence-corrected chi connectivity index (χ0v) is 25.7. The molecule has 1 atom stereocenters. The molecule has 0 saturated carbocycles. The Labute approximate surface area is 230 Å². The summed E-state index contributed by atoms with van der Waals surface area (Å²) >= 11 is 0. The summed E-state index contributed by atoms with van der Waals surface area (Å²) in [6.45, 7) is 8.81. The van der Waals surface area contributed by atoms with E-state index in [-0.39, 0.29) is 0 Å². The predicted molar refractivity (Wildman–Crippen MR) is 165 cm³/mol. The topological polar surface area (TPSA) is 3.24 Å². The zero-order valence-electron chi connectivity index (χ0n) is 25.7. The average Bonchev–Trinajstić information content (AvgIpc) is 2.90. The number of hydrogen-bond acceptors (Lipinski definition) is 1. The highest BCUT2D eigenvalue weighted by Gasteiger charge is 2.16. The second-order valence-electron chi connectivity index (χ2n) is 12.6. The summed E-state index contributed by atoms with van der Waals surface area (Å²) in [5.74, 6) is 0.982. The lowest BCUT2D eigenvalue weighted by Gasteiger charge is -2.30. The molecule has 1 heterocycles. The Bertz CT molecular complexity index is 399. The number of nitrogens with zero attached hydrogens (tertiary/aromatic N) is 1. The van der Waals surface area contributed by atoms with Crippen LogP contribution in [0.15, 0.2) is 0 Å². The molecule has 1 aliphatic heterocycles. The van der Waals surface area contributed by atoms with E-state index in [1.807, 2.05) is 0 Å². The summed E-state index contributed by atoms with van der Waals surface area (Å²) in [7, 11) is 0. The highest BCUT2D eigenvalue weighted by atomic mass is 15.1. The number of hydrogen-bond donors (Lipinski definition) is 0. The van der Waals surface area contributed by atoms with Crippen molar-refractivity contribution in [1.29, 1.82) is 0 Å². The normalized spacial score (nSPS) is 15.5. The molecule has 0 aromatic rings. The lowest BCUT2D eigenvalue weighted by atomic mass is 9.93. The van der Waals surface area contributed by atoms with Crippen LogP contribution in [0.1, 0.15) is 200 Å². The zero-order chi connectivity index (χ0) is 25.8. The molecular weight excluding hydrogens is 434 g/mol. The number of rotatable bonds is 28. The standard InChI is InChI=1S/C35H71N/c1-3-5-7-9-11-12-13-14-15-16-17-18-19-20-21-22-24-27-31-35(30-26-23-10-8-6-4-2)34-36-32-28-25-29-33-36/h35H,3-34H2,1-2H3. The van der Waals surface area contributed by atoms with Crippen molar-refractivity contribution in [1.82, 2.24) is 4.90 Å². The third-order valence-electron chi connectivity index (χ3n) is 8.90. The van der Waals surface area contributed by atoms with Crippen molar-refractivity contribution < 1.29 is 0 Å². The summed E-state index contributed by atoms with van der Waals surface area (Å²) in [6.07, 6.45) is 42.7. The minimum atomic E-state index is 0.982. The van der Waals surface area contributed by atoms with Crippen molar-refractivity contribution in [2.24, 2.45) is 5.92 Å². The maximum Gasteiger partial charge on any atom is 0.000965 e. The molecule has 1 fully saturated rings. The molecular formula is C35H71N. The van der Waals surface area contributed by atoms with E-state index in [2.05, 4.69) is 18.7 Å². The fraction of sp³-hybridized carbons (Fsp3) is 1.00. The lowest BCUT2D eigenvalue weighted by Crippen LogP contribution is -2.34. The van der Waals surface area contributed by atoms with Crippen LogP contribution in [0.4, 0.5) is 0 Å². The fourth-order valence-corrected chi connectivity index (χ4v) is 6.38. The molecule has 1 aliphatic rings. The summed E-state index contributed by atoms with van der Waals surface area (Å²) < 4.78 is 0. The number of piperidine rings is 1. The summed E-state index contributed by atoms with van der Waals surface area (Å²) in [5.41, 5.74) is 0. The van der Waals surface area contributed by atoms with Crippen LogP contribution in [-0.2, 0) is 0 Å². The first-order valence-corrected chi connectivity index (χ1v) is 17.6. The van der Waals surface area contributed by atoms with Gasteiger partial charge in [0.05, 0.1) is 0 Å². The van der Waals surface area contributed by atoms with Gasteiger partial charge in [0.15, 0.2) is 0 Å². The Hall–Kier alpha value is -0.0400. The summed E-state index contributed by atoms with van der Waals surface area (Å²) in [5, 5.41) is 0. The molecule has 1 unspecified atom stereocenters. The van der Waals surface area contributed by atoms with Gasteiger partial charge in [-0.25, -0.2) is 0 Å². The maximum absolute atomic E-state index is 2.81. The number of likely N-dealkylation sites (tertiary alicyclic amines) is 1. The van der Waals surface area contributed by atoms with E-state index in [9.17, 15) is 0 Å². The van der Waals surface area contributed by atoms with Crippen LogP contribution in [0.5, 0.6) is 0 Å². The van der Waals surface area contributed by atoms with Crippen molar-refractivity contribution in [3.8, 4) is 0 Å². The summed E-state index contributed by atoms with van der Waals surface area (Å²) in [4.78, 5) is 2.81. The third kappa shape index (κ3) is 23.1. The molecule has 216 valence electrons. The van der Waals surface area contributed by atoms with Crippen molar-refractivity contribution in [3.05, 3.63) is 0 Å². The van der Waals surface area contributed by atoms with Gasteiger partial charge in [-0.05, 0) is 44.7 Å². The minimum Gasteiger partial charge on any atom is -0.303 e. The van der Waals surface area contributed by atoms with Crippen molar-refractivity contribution >= 4 is 0 Å². The predicted octanol–water partition coefficient (Wildman–Crippen LogP) is 12.3. The first kappa shape index (κ1) is 34.0. The Kier molecular flexibility index (Phi) is 26.4. The number of unbranched alkanes of at least 4 members (excludes halogenated alkanes) is 22. The molecule has 0 radical (unpaired) electrons. The van der Waals surface area contributed by atoms with Crippen molar-refractivity contribution in [3.63, 3.8) is 0 Å². The largest absolute Gasteiger partial charge is 0.303 e. The monoisotopic (exact) mass is 506 g/mol. The first-order valence-electron chi connectivity index (χ1n) is 17.6. The van der Waals surface area contributed by atoms with E-state index in [4.69, 9.17) is 0 Å². The Morgan fingerprint density at radius 1 is 0.389 bits per heavy atom. The smallest absolute Gasteiger partial charge is 0.000965 e. The van der Waals surface area contributed by atoms with Gasteiger partial charge >= 0.3 is 0 Å². The Morgan fingerprint density at radius 2 is 0.694 bits per heavy atom. The second kappa shape index (κ2) is 28.0. The molecule has 0 N–H and O–H groups in total. The lowest BCUT2D eigenvalue weighted by molar-refractivity contribution is 0.182. The van der Waals surface area contributed by atoms with Crippen LogP contribution in [0.25, 0.3) is 0 Å². The molecule has 1 rings (SSSR count). The quantitative estimate of drug-likeness (QED) is 0.0955. The second-order valence-corrected chi connectivity index (χ2v) is 12.6. The van der Waals surface area contributed by atoms with Gasteiger partial charge < -0.3 is 4.90 Å². The maximum atomic E-state index is 2.81. The van der Waals surface area contributed by atoms with Gasteiger partial charge in [-0.3, -0.25) is 0 Å². The van der Waals surface area contributed by atoms with Crippen LogP contribution in [0.2, 0.25) is 0 Å². The molecule has 0 spiro atoms. The highest BCUT2D eigenvalue weighted by molar-refractivity contribution is 4.70. The Balaban J connectivity index is 1.92. The van der Waals surface area contributed by atoms with Crippen LogP contribution >= 0.6 is 0 Å². The van der Waals surface area contributed by atoms with Gasteiger partial charge in [0.1, 0.15) is 0 Å².